The van der Waals surface area contributed by atoms with Crippen molar-refractivity contribution in [2.75, 3.05) is 20.1 Å². The van der Waals surface area contributed by atoms with Gasteiger partial charge >= 0.3 is 0 Å². The van der Waals surface area contributed by atoms with Crippen LogP contribution in [0.15, 0.2) is 23.4 Å². The van der Waals surface area contributed by atoms with E-state index in [0.717, 1.165) is 24.2 Å². The number of aryl methyl sites for hydroxylation is 1. The van der Waals surface area contributed by atoms with Crippen molar-refractivity contribution in [1.29, 1.82) is 0 Å². The zero-order chi connectivity index (χ0) is 13.8. The predicted octanol–water partition coefficient (Wildman–Crippen LogP) is 0.883. The van der Waals surface area contributed by atoms with Gasteiger partial charge in [-0.05, 0) is 44.1 Å². The summed E-state index contributed by atoms with van der Waals surface area (Å²) in [5.41, 5.74) is 8.74. The van der Waals surface area contributed by atoms with Gasteiger partial charge in [0.1, 0.15) is 0 Å². The van der Waals surface area contributed by atoms with Crippen molar-refractivity contribution in [2.24, 2.45) is 10.9 Å². The minimum absolute atomic E-state index is 0.153. The third-order valence-corrected chi connectivity index (χ3v) is 3.72. The van der Waals surface area contributed by atoms with Gasteiger partial charge in [-0.25, -0.2) is 0 Å². The van der Waals surface area contributed by atoms with Gasteiger partial charge in [0.15, 0.2) is 5.84 Å². The molecule has 1 fully saturated rings. The molecule has 1 aromatic rings. The monoisotopic (exact) mass is 262 g/mol. The van der Waals surface area contributed by atoms with Crippen molar-refractivity contribution in [3.63, 3.8) is 0 Å². The number of rotatable bonds is 4. The lowest BCUT2D eigenvalue weighted by atomic mass is 10.0. The molecule has 0 aromatic heterocycles. The molecule has 19 heavy (non-hydrogen) atoms. The summed E-state index contributed by atoms with van der Waals surface area (Å²) in [5.74, 6) is 0.153. The third-order valence-electron chi connectivity index (χ3n) is 3.72. The number of benzene rings is 1. The summed E-state index contributed by atoms with van der Waals surface area (Å²) in [7, 11) is 2.15. The summed E-state index contributed by atoms with van der Waals surface area (Å²) in [6.07, 6.45) is 1.21. The fourth-order valence-electron chi connectivity index (χ4n) is 2.47. The van der Waals surface area contributed by atoms with Gasteiger partial charge in [-0.2, -0.15) is 0 Å². The molecule has 0 radical (unpaired) electrons. The van der Waals surface area contributed by atoms with Gasteiger partial charge in [-0.1, -0.05) is 17.3 Å². The summed E-state index contributed by atoms with van der Waals surface area (Å²) in [4.78, 5) is 2.34. The Kier molecular flexibility index (Phi) is 4.39. The normalized spacial score (nSPS) is 20.9. The van der Waals surface area contributed by atoms with Crippen molar-refractivity contribution in [3.8, 4) is 0 Å². The number of likely N-dealkylation sites (tertiary alicyclic amines) is 1. The lowest BCUT2D eigenvalue weighted by molar-refractivity contribution is 0.318. The number of hydrogen-bond donors (Lipinski definition) is 3. The molecule has 1 aromatic carbocycles. The molecule has 0 aliphatic carbocycles. The Labute approximate surface area is 114 Å². The lowest BCUT2D eigenvalue weighted by Gasteiger charge is -2.14. The molecule has 0 saturated carbocycles. The molecular formula is C14H22N4O. The molecule has 1 atom stereocenters. The molecule has 5 nitrogen and oxygen atoms in total. The second-order valence-electron chi connectivity index (χ2n) is 5.26. The number of nitrogens with zero attached hydrogens (tertiary/aromatic N) is 2. The quantitative estimate of drug-likeness (QED) is 0.326. The molecule has 1 unspecified atom stereocenters. The Bertz CT molecular complexity index is 473. The predicted molar refractivity (Wildman–Crippen MR) is 76.4 cm³/mol. The van der Waals surface area contributed by atoms with Gasteiger partial charge in [-0.3, -0.25) is 0 Å². The Morgan fingerprint density at radius 1 is 1.58 bits per heavy atom. The SMILES string of the molecule is Cc1cc(/C(N)=N/O)ccc1CNC1CCN(C)C1. The van der Waals surface area contributed by atoms with E-state index in [9.17, 15) is 0 Å². The first-order valence-corrected chi connectivity index (χ1v) is 6.59. The fraction of sp³-hybridized carbons (Fsp3) is 0.500. The summed E-state index contributed by atoms with van der Waals surface area (Å²) in [6.45, 7) is 5.19. The molecule has 4 N–H and O–H groups in total. The van der Waals surface area contributed by atoms with E-state index in [2.05, 4.69) is 22.4 Å². The van der Waals surface area contributed by atoms with Gasteiger partial charge in [0.25, 0.3) is 0 Å². The van der Waals surface area contributed by atoms with E-state index in [0.29, 0.717) is 6.04 Å². The van der Waals surface area contributed by atoms with Crippen molar-refractivity contribution in [2.45, 2.75) is 25.9 Å². The highest BCUT2D eigenvalue weighted by molar-refractivity contribution is 5.97. The van der Waals surface area contributed by atoms with Crippen LogP contribution in [0.2, 0.25) is 0 Å². The third kappa shape index (κ3) is 3.45. The summed E-state index contributed by atoms with van der Waals surface area (Å²) >= 11 is 0. The summed E-state index contributed by atoms with van der Waals surface area (Å²) < 4.78 is 0. The van der Waals surface area contributed by atoms with Crippen LogP contribution < -0.4 is 11.1 Å². The summed E-state index contributed by atoms with van der Waals surface area (Å²) in [6, 6.07) is 6.45. The maximum absolute atomic E-state index is 8.67. The van der Waals surface area contributed by atoms with E-state index < -0.39 is 0 Å². The van der Waals surface area contributed by atoms with Crippen LogP contribution in [-0.4, -0.2) is 42.1 Å². The van der Waals surface area contributed by atoms with Crippen molar-refractivity contribution < 1.29 is 5.21 Å². The standard InChI is InChI=1S/C14H22N4O/c1-10-7-11(14(15)17-19)3-4-12(10)8-16-13-5-6-18(2)9-13/h3-4,7,13,16,19H,5-6,8-9H2,1-2H3,(H2,15,17). The molecule has 104 valence electrons. The number of oxime groups is 1. The lowest BCUT2D eigenvalue weighted by Crippen LogP contribution is -2.31. The van der Waals surface area contributed by atoms with Crippen LogP contribution in [0.5, 0.6) is 0 Å². The fourth-order valence-corrected chi connectivity index (χ4v) is 2.47. The van der Waals surface area contributed by atoms with Crippen LogP contribution in [0.25, 0.3) is 0 Å². The zero-order valence-corrected chi connectivity index (χ0v) is 11.6. The first kappa shape index (κ1) is 13.8. The minimum atomic E-state index is 0.153. The Morgan fingerprint density at radius 3 is 2.95 bits per heavy atom. The Hall–Kier alpha value is -1.59. The van der Waals surface area contributed by atoms with Gasteiger partial charge in [0, 0.05) is 24.7 Å². The van der Waals surface area contributed by atoms with E-state index in [1.807, 2.05) is 25.1 Å². The number of amidine groups is 1. The molecule has 5 heteroatoms. The topological polar surface area (TPSA) is 73.9 Å². The number of nitrogens with one attached hydrogen (secondary N) is 1. The first-order valence-electron chi connectivity index (χ1n) is 6.59. The second kappa shape index (κ2) is 6.04. The molecule has 0 amide bonds. The maximum Gasteiger partial charge on any atom is 0.170 e. The zero-order valence-electron chi connectivity index (χ0n) is 11.6. The largest absolute Gasteiger partial charge is 0.409 e. The van der Waals surface area contributed by atoms with Crippen LogP contribution in [0, 0.1) is 6.92 Å². The number of likely N-dealkylation sites (N-methyl/N-ethyl adjacent to an activating group) is 1. The molecule has 1 aliphatic heterocycles. The molecule has 1 aliphatic rings. The van der Waals surface area contributed by atoms with Crippen LogP contribution in [0.3, 0.4) is 0 Å². The van der Waals surface area contributed by atoms with E-state index >= 15 is 0 Å². The molecular weight excluding hydrogens is 240 g/mol. The van der Waals surface area contributed by atoms with Gasteiger partial charge < -0.3 is 21.2 Å². The van der Waals surface area contributed by atoms with Crippen molar-refractivity contribution in [1.82, 2.24) is 10.2 Å². The van der Waals surface area contributed by atoms with E-state index in [1.54, 1.807) is 0 Å². The first-order chi connectivity index (χ1) is 9.10. The molecule has 0 bridgehead atoms. The highest BCUT2D eigenvalue weighted by atomic mass is 16.4. The van der Waals surface area contributed by atoms with Gasteiger partial charge in [0.05, 0.1) is 0 Å². The smallest absolute Gasteiger partial charge is 0.170 e. The average Bonchev–Trinajstić information content (AvgIpc) is 2.82. The Balaban J connectivity index is 1.97. The van der Waals surface area contributed by atoms with Gasteiger partial charge in [-0.15, -0.1) is 0 Å². The van der Waals surface area contributed by atoms with E-state index in [1.165, 1.54) is 18.5 Å². The maximum atomic E-state index is 8.67. The van der Waals surface area contributed by atoms with Gasteiger partial charge in [0.2, 0.25) is 0 Å². The number of nitrogens with two attached hydrogens (primary N) is 1. The van der Waals surface area contributed by atoms with Crippen LogP contribution in [-0.2, 0) is 6.54 Å². The number of hydrogen-bond acceptors (Lipinski definition) is 4. The molecule has 0 spiro atoms. The highest BCUT2D eigenvalue weighted by Gasteiger charge is 2.18. The van der Waals surface area contributed by atoms with E-state index in [4.69, 9.17) is 10.9 Å². The van der Waals surface area contributed by atoms with Crippen molar-refractivity contribution >= 4 is 5.84 Å². The molecule has 1 saturated heterocycles. The van der Waals surface area contributed by atoms with Crippen LogP contribution >= 0.6 is 0 Å². The molecule has 1 heterocycles. The summed E-state index contributed by atoms with van der Waals surface area (Å²) in [5, 5.41) is 15.3. The van der Waals surface area contributed by atoms with Crippen LogP contribution in [0.4, 0.5) is 0 Å². The average molecular weight is 262 g/mol. The Morgan fingerprint density at radius 2 is 2.37 bits per heavy atom. The highest BCUT2D eigenvalue weighted by Crippen LogP contribution is 2.13. The minimum Gasteiger partial charge on any atom is -0.409 e. The van der Waals surface area contributed by atoms with Crippen molar-refractivity contribution in [3.05, 3.63) is 34.9 Å². The van der Waals surface area contributed by atoms with Crippen LogP contribution in [0.1, 0.15) is 23.1 Å². The molecule has 2 rings (SSSR count). The van der Waals surface area contributed by atoms with E-state index in [-0.39, 0.29) is 5.84 Å². The second-order valence-corrected chi connectivity index (χ2v) is 5.26.